The van der Waals surface area contributed by atoms with Gasteiger partial charge < -0.3 is 9.80 Å². The van der Waals surface area contributed by atoms with Gasteiger partial charge in [0.25, 0.3) is 11.8 Å². The van der Waals surface area contributed by atoms with Gasteiger partial charge in [-0.05, 0) is 60.5 Å². The molecular formula is C28H29F2N3O2. The van der Waals surface area contributed by atoms with Gasteiger partial charge in [0.2, 0.25) is 0 Å². The van der Waals surface area contributed by atoms with Crippen LogP contribution in [-0.2, 0) is 6.54 Å². The van der Waals surface area contributed by atoms with Crippen molar-refractivity contribution in [2.24, 2.45) is 0 Å². The normalized spacial score (nSPS) is 14.1. The van der Waals surface area contributed by atoms with Crippen LogP contribution in [0.15, 0.2) is 72.8 Å². The fraction of sp³-hybridized carbons (Fsp3) is 0.286. The summed E-state index contributed by atoms with van der Waals surface area (Å²) in [5.41, 5.74) is 2.91. The van der Waals surface area contributed by atoms with Crippen LogP contribution in [0.4, 0.5) is 8.78 Å². The molecule has 0 radical (unpaired) electrons. The number of benzene rings is 3. The molecule has 1 aliphatic heterocycles. The predicted molar refractivity (Wildman–Crippen MR) is 131 cm³/mol. The molecule has 0 saturated carbocycles. The summed E-state index contributed by atoms with van der Waals surface area (Å²) in [6.07, 6.45) is 0. The van der Waals surface area contributed by atoms with Gasteiger partial charge in [0.15, 0.2) is 0 Å². The average molecular weight is 478 g/mol. The lowest BCUT2D eigenvalue weighted by molar-refractivity contribution is 0.0598. The van der Waals surface area contributed by atoms with Crippen molar-refractivity contribution < 1.29 is 18.4 Å². The van der Waals surface area contributed by atoms with E-state index in [1.54, 1.807) is 21.9 Å². The highest BCUT2D eigenvalue weighted by molar-refractivity contribution is 5.95. The van der Waals surface area contributed by atoms with Gasteiger partial charge in [-0.2, -0.15) is 0 Å². The summed E-state index contributed by atoms with van der Waals surface area (Å²) in [5.74, 6) is -0.828. The van der Waals surface area contributed by atoms with Crippen molar-refractivity contribution in [2.75, 3.05) is 39.3 Å². The van der Waals surface area contributed by atoms with Gasteiger partial charge >= 0.3 is 0 Å². The molecule has 1 saturated heterocycles. The summed E-state index contributed by atoms with van der Waals surface area (Å²) in [6.45, 7) is 6.00. The molecule has 0 aliphatic carbocycles. The molecule has 1 aliphatic rings. The minimum absolute atomic E-state index is 0.0578. The molecule has 2 amide bonds. The molecule has 1 heterocycles. The summed E-state index contributed by atoms with van der Waals surface area (Å²) < 4.78 is 26.5. The highest BCUT2D eigenvalue weighted by atomic mass is 19.1. The van der Waals surface area contributed by atoms with Crippen LogP contribution in [0.3, 0.4) is 0 Å². The lowest BCUT2D eigenvalue weighted by Crippen LogP contribution is -2.50. The van der Waals surface area contributed by atoms with E-state index in [2.05, 4.69) is 4.90 Å². The van der Waals surface area contributed by atoms with Crippen LogP contribution in [0.25, 0.3) is 0 Å². The summed E-state index contributed by atoms with van der Waals surface area (Å²) in [5, 5.41) is 0. The van der Waals surface area contributed by atoms with E-state index in [9.17, 15) is 18.4 Å². The third-order valence-electron chi connectivity index (χ3n) is 6.39. The van der Waals surface area contributed by atoms with Crippen molar-refractivity contribution >= 4 is 11.8 Å². The van der Waals surface area contributed by atoms with E-state index in [4.69, 9.17) is 0 Å². The van der Waals surface area contributed by atoms with Crippen molar-refractivity contribution in [3.63, 3.8) is 0 Å². The molecule has 0 aromatic heterocycles. The zero-order chi connectivity index (χ0) is 24.8. The number of piperazine rings is 1. The lowest BCUT2D eigenvalue weighted by atomic mass is 10.1. The first-order chi connectivity index (χ1) is 16.9. The quantitative estimate of drug-likeness (QED) is 0.508. The van der Waals surface area contributed by atoms with Crippen molar-refractivity contribution in [1.82, 2.24) is 14.7 Å². The van der Waals surface area contributed by atoms with Gasteiger partial charge in [-0.25, -0.2) is 8.78 Å². The van der Waals surface area contributed by atoms with Crippen LogP contribution in [-0.4, -0.2) is 65.8 Å². The van der Waals surface area contributed by atoms with Crippen LogP contribution in [0.5, 0.6) is 0 Å². The first-order valence-electron chi connectivity index (χ1n) is 11.8. The third-order valence-corrected chi connectivity index (χ3v) is 6.39. The Bertz CT molecular complexity index is 1160. The number of amides is 2. The Morgan fingerprint density at radius 3 is 2.06 bits per heavy atom. The zero-order valence-electron chi connectivity index (χ0n) is 19.8. The van der Waals surface area contributed by atoms with Crippen molar-refractivity contribution in [3.05, 3.63) is 107 Å². The molecule has 0 N–H and O–H groups in total. The molecule has 7 heteroatoms. The Morgan fingerprint density at radius 1 is 0.829 bits per heavy atom. The van der Waals surface area contributed by atoms with Gasteiger partial charge in [-0.15, -0.1) is 0 Å². The number of hydrogen-bond acceptors (Lipinski definition) is 3. The molecular weight excluding hydrogens is 448 g/mol. The van der Waals surface area contributed by atoms with Crippen molar-refractivity contribution in [2.45, 2.75) is 13.5 Å². The molecule has 0 bridgehead atoms. The minimum atomic E-state index is -0.364. The average Bonchev–Trinajstić information content (AvgIpc) is 2.88. The highest BCUT2D eigenvalue weighted by Crippen LogP contribution is 2.15. The van der Waals surface area contributed by atoms with Gasteiger partial charge in [-0.3, -0.25) is 14.5 Å². The standard InChI is InChI=1S/C28H29F2N3O2/c1-21-4-2-3-5-26(21)28(35)33(20-22-6-10-24(29)11-7-22)19-16-31-14-17-32(18-15-31)27(34)23-8-12-25(30)13-9-23/h2-13H,14-20H2,1H3. The summed E-state index contributed by atoms with van der Waals surface area (Å²) in [7, 11) is 0. The maximum Gasteiger partial charge on any atom is 0.254 e. The van der Waals surface area contributed by atoms with Crippen LogP contribution >= 0.6 is 0 Å². The second-order valence-electron chi connectivity index (χ2n) is 8.81. The highest BCUT2D eigenvalue weighted by Gasteiger charge is 2.24. The molecule has 3 aromatic rings. The zero-order valence-corrected chi connectivity index (χ0v) is 19.8. The lowest BCUT2D eigenvalue weighted by Gasteiger charge is -2.36. The second-order valence-corrected chi connectivity index (χ2v) is 8.81. The van der Waals surface area contributed by atoms with Gasteiger partial charge in [-0.1, -0.05) is 30.3 Å². The maximum absolute atomic E-state index is 13.4. The van der Waals surface area contributed by atoms with Crippen LogP contribution in [0, 0.1) is 18.6 Å². The van der Waals surface area contributed by atoms with E-state index in [-0.39, 0.29) is 23.4 Å². The molecule has 0 unspecified atom stereocenters. The minimum Gasteiger partial charge on any atom is -0.336 e. The SMILES string of the molecule is Cc1ccccc1C(=O)N(CCN1CCN(C(=O)c2ccc(F)cc2)CC1)Cc1ccc(F)cc1. The fourth-order valence-electron chi connectivity index (χ4n) is 4.26. The van der Waals surface area contributed by atoms with E-state index in [0.717, 1.165) is 11.1 Å². The van der Waals surface area contributed by atoms with Crippen LogP contribution < -0.4 is 0 Å². The molecule has 1 fully saturated rings. The number of halogens is 2. The molecule has 182 valence electrons. The van der Waals surface area contributed by atoms with Gasteiger partial charge in [0.1, 0.15) is 11.6 Å². The van der Waals surface area contributed by atoms with E-state index in [1.807, 2.05) is 31.2 Å². The third kappa shape index (κ3) is 6.31. The molecule has 35 heavy (non-hydrogen) atoms. The predicted octanol–water partition coefficient (Wildman–Crippen LogP) is 4.37. The Kier molecular flexibility index (Phi) is 7.87. The second kappa shape index (κ2) is 11.2. The summed E-state index contributed by atoms with van der Waals surface area (Å²) in [6, 6.07) is 19.3. The first-order valence-corrected chi connectivity index (χ1v) is 11.8. The summed E-state index contributed by atoms with van der Waals surface area (Å²) >= 11 is 0. The van der Waals surface area contributed by atoms with Crippen molar-refractivity contribution in [1.29, 1.82) is 0 Å². The van der Waals surface area contributed by atoms with Crippen LogP contribution in [0.2, 0.25) is 0 Å². The van der Waals surface area contributed by atoms with E-state index in [0.29, 0.717) is 56.9 Å². The number of aryl methyl sites for hydroxylation is 1. The van der Waals surface area contributed by atoms with Crippen molar-refractivity contribution in [3.8, 4) is 0 Å². The van der Waals surface area contributed by atoms with Gasteiger partial charge in [0.05, 0.1) is 0 Å². The Balaban J connectivity index is 1.38. The fourth-order valence-corrected chi connectivity index (χ4v) is 4.26. The van der Waals surface area contributed by atoms with E-state index >= 15 is 0 Å². The first kappa shape index (κ1) is 24.5. The van der Waals surface area contributed by atoms with E-state index < -0.39 is 0 Å². The molecule has 0 spiro atoms. The monoisotopic (exact) mass is 477 g/mol. The Morgan fingerprint density at radius 2 is 1.43 bits per heavy atom. The Labute approximate surface area is 204 Å². The van der Waals surface area contributed by atoms with E-state index in [1.165, 1.54) is 36.4 Å². The number of carbonyl (C=O) groups is 2. The molecule has 3 aromatic carbocycles. The topological polar surface area (TPSA) is 43.9 Å². The summed E-state index contributed by atoms with van der Waals surface area (Å²) in [4.78, 5) is 31.9. The maximum atomic E-state index is 13.4. The van der Waals surface area contributed by atoms with Crippen LogP contribution in [0.1, 0.15) is 31.8 Å². The Hall–Kier alpha value is -3.58. The smallest absolute Gasteiger partial charge is 0.254 e. The number of rotatable bonds is 7. The number of hydrogen-bond donors (Lipinski definition) is 0. The number of nitrogens with zero attached hydrogens (tertiary/aromatic N) is 3. The largest absolute Gasteiger partial charge is 0.336 e. The molecule has 5 nitrogen and oxygen atoms in total. The molecule has 0 atom stereocenters. The molecule has 4 rings (SSSR count). The van der Waals surface area contributed by atoms with Gasteiger partial charge in [0, 0.05) is 56.9 Å². The number of carbonyl (C=O) groups excluding carboxylic acids is 2.